The zero-order chi connectivity index (χ0) is 19.4. The molecule has 1 N–H and O–H groups in total. The molecule has 1 aromatic heterocycles. The number of furan rings is 1. The van der Waals surface area contributed by atoms with Gasteiger partial charge in [0, 0.05) is 11.1 Å². The third-order valence-electron chi connectivity index (χ3n) is 3.89. The summed E-state index contributed by atoms with van der Waals surface area (Å²) in [5.74, 6) is -1.12. The Hall–Kier alpha value is -3.80. The van der Waals surface area contributed by atoms with Crippen LogP contribution in [0.4, 0.5) is 0 Å². The molecule has 0 unspecified atom stereocenters. The first-order chi connectivity index (χ1) is 13.0. The molecule has 6 heteroatoms. The van der Waals surface area contributed by atoms with Crippen LogP contribution in [0.25, 0.3) is 17.4 Å². The summed E-state index contributed by atoms with van der Waals surface area (Å²) in [6, 6.07) is 14.2. The van der Waals surface area contributed by atoms with Crippen molar-refractivity contribution in [3.63, 3.8) is 0 Å². The van der Waals surface area contributed by atoms with Gasteiger partial charge >= 0.3 is 5.97 Å². The van der Waals surface area contributed by atoms with Crippen LogP contribution < -0.4 is 9.84 Å². The van der Waals surface area contributed by atoms with Crippen molar-refractivity contribution in [1.82, 2.24) is 0 Å². The Morgan fingerprint density at radius 1 is 1.07 bits per heavy atom. The number of hydrogen-bond acceptors (Lipinski definition) is 5. The van der Waals surface area contributed by atoms with E-state index in [4.69, 9.17) is 14.3 Å². The number of rotatable bonds is 6. The number of carbonyl (C=O) groups excluding carboxylic acids is 1. The van der Waals surface area contributed by atoms with E-state index in [2.05, 4.69) is 0 Å². The molecule has 0 bridgehead atoms. The van der Waals surface area contributed by atoms with E-state index in [1.54, 1.807) is 48.5 Å². The molecule has 0 saturated heterocycles. The molecule has 0 saturated carbocycles. The van der Waals surface area contributed by atoms with Crippen molar-refractivity contribution in [3.05, 3.63) is 77.6 Å². The van der Waals surface area contributed by atoms with Crippen LogP contribution >= 0.6 is 0 Å². The summed E-state index contributed by atoms with van der Waals surface area (Å²) in [7, 11) is 1.42. The lowest BCUT2D eigenvalue weighted by Gasteiger charge is -2.12. The van der Waals surface area contributed by atoms with E-state index in [0.717, 1.165) is 0 Å². The Morgan fingerprint density at radius 2 is 1.81 bits per heavy atom. The summed E-state index contributed by atoms with van der Waals surface area (Å²) < 4.78 is 10.1. The average Bonchev–Trinajstić information content (AvgIpc) is 3.17. The molecule has 136 valence electrons. The molecule has 3 aromatic rings. The third-order valence-corrected chi connectivity index (χ3v) is 3.89. The van der Waals surface area contributed by atoms with Gasteiger partial charge in [-0.05, 0) is 29.8 Å². The minimum Gasteiger partial charge on any atom is -0.870 e. The van der Waals surface area contributed by atoms with Crippen LogP contribution in [0, 0.1) is 0 Å². The fraction of sp³-hybridized carbons (Fsp3) is 0.0476. The normalized spacial score (nSPS) is 10.9. The molecule has 0 aliphatic carbocycles. The van der Waals surface area contributed by atoms with E-state index in [-0.39, 0.29) is 23.0 Å². The number of carboxylic acids is 1. The van der Waals surface area contributed by atoms with Crippen LogP contribution in [0.1, 0.15) is 26.5 Å². The summed E-state index contributed by atoms with van der Waals surface area (Å²) in [5, 5.41) is 20.6. The highest BCUT2D eigenvalue weighted by atomic mass is 16.5. The van der Waals surface area contributed by atoms with Gasteiger partial charge in [-0.15, -0.1) is 0 Å². The molecule has 6 nitrogen and oxygen atoms in total. The second-order valence-electron chi connectivity index (χ2n) is 5.65. The van der Waals surface area contributed by atoms with Gasteiger partial charge in [0.2, 0.25) is 5.76 Å². The quantitative estimate of drug-likeness (QED) is 0.530. The fourth-order valence-corrected chi connectivity index (χ4v) is 2.47. The highest BCUT2D eigenvalue weighted by Gasteiger charge is 2.11. The van der Waals surface area contributed by atoms with Crippen molar-refractivity contribution < 1.29 is 29.0 Å². The second kappa shape index (κ2) is 7.61. The summed E-state index contributed by atoms with van der Waals surface area (Å²) >= 11 is 0. The summed E-state index contributed by atoms with van der Waals surface area (Å²) in [5.41, 5.74) is 1.72. The predicted molar refractivity (Wildman–Crippen MR) is 96.9 cm³/mol. The van der Waals surface area contributed by atoms with Crippen molar-refractivity contribution in [2.75, 3.05) is 7.11 Å². The van der Waals surface area contributed by atoms with Crippen molar-refractivity contribution in [3.8, 4) is 22.8 Å². The SMILES string of the molecule is COc1ccc(/C=C/C(=O)c2ccc(-c3ccc(C(=O)O)o3)cc2)cc1[O-]. The van der Waals surface area contributed by atoms with E-state index in [1.807, 2.05) is 0 Å². The largest absolute Gasteiger partial charge is 0.870 e. The van der Waals surface area contributed by atoms with Crippen LogP contribution in [-0.4, -0.2) is 24.0 Å². The molecule has 1 heterocycles. The van der Waals surface area contributed by atoms with Gasteiger partial charge in [0.25, 0.3) is 0 Å². The molecule has 0 amide bonds. The summed E-state index contributed by atoms with van der Waals surface area (Å²) in [4.78, 5) is 23.1. The molecule has 0 atom stereocenters. The van der Waals surface area contributed by atoms with Gasteiger partial charge < -0.3 is 19.4 Å². The lowest BCUT2D eigenvalue weighted by molar-refractivity contribution is -0.270. The van der Waals surface area contributed by atoms with Crippen LogP contribution in [-0.2, 0) is 0 Å². The van der Waals surface area contributed by atoms with Crippen LogP contribution in [0.5, 0.6) is 11.5 Å². The molecule has 2 aromatic carbocycles. The van der Waals surface area contributed by atoms with E-state index < -0.39 is 5.97 Å². The second-order valence-corrected chi connectivity index (χ2v) is 5.65. The third kappa shape index (κ3) is 4.07. The van der Waals surface area contributed by atoms with Crippen molar-refractivity contribution in [1.29, 1.82) is 0 Å². The Balaban J connectivity index is 1.73. The maximum Gasteiger partial charge on any atom is 0.371 e. The standard InChI is InChI=1S/C21H16O6/c1-26-19-9-3-13(12-17(19)23)2-8-16(22)14-4-6-15(7-5-14)18-10-11-20(27-18)21(24)25/h2-12,23H,1H3,(H,24,25)/p-1/b8-2+. The Labute approximate surface area is 155 Å². The molecule has 3 rings (SSSR count). The maximum atomic E-state index is 12.3. The topological polar surface area (TPSA) is 99.8 Å². The van der Waals surface area contributed by atoms with E-state index in [1.165, 1.54) is 25.3 Å². The zero-order valence-corrected chi connectivity index (χ0v) is 14.3. The van der Waals surface area contributed by atoms with Crippen LogP contribution in [0.3, 0.4) is 0 Å². The molecule has 27 heavy (non-hydrogen) atoms. The average molecular weight is 363 g/mol. The predicted octanol–water partition coefficient (Wildman–Crippen LogP) is 3.62. The Bertz CT molecular complexity index is 1010. The lowest BCUT2D eigenvalue weighted by atomic mass is 10.1. The van der Waals surface area contributed by atoms with Gasteiger partial charge in [-0.3, -0.25) is 4.79 Å². The van der Waals surface area contributed by atoms with Crippen LogP contribution in [0.2, 0.25) is 0 Å². The maximum absolute atomic E-state index is 12.3. The first kappa shape index (κ1) is 18.0. The lowest BCUT2D eigenvalue weighted by Crippen LogP contribution is -1.96. The van der Waals surface area contributed by atoms with Crippen molar-refractivity contribution in [2.24, 2.45) is 0 Å². The number of ether oxygens (including phenoxy) is 1. The Kier molecular flexibility index (Phi) is 5.08. The number of hydrogen-bond donors (Lipinski definition) is 1. The molecule has 0 spiro atoms. The highest BCUT2D eigenvalue weighted by Crippen LogP contribution is 2.25. The van der Waals surface area contributed by atoms with Gasteiger partial charge in [-0.2, -0.15) is 0 Å². The minimum atomic E-state index is -1.14. The first-order valence-corrected chi connectivity index (χ1v) is 7.99. The first-order valence-electron chi connectivity index (χ1n) is 7.99. The number of methoxy groups -OCH3 is 1. The number of allylic oxidation sites excluding steroid dienone is 1. The molecule has 0 fully saturated rings. The van der Waals surface area contributed by atoms with Gasteiger partial charge in [0.15, 0.2) is 5.78 Å². The number of carboxylic acid groups (broad SMARTS) is 1. The van der Waals surface area contributed by atoms with Gasteiger partial charge in [0.1, 0.15) is 11.5 Å². The fourth-order valence-electron chi connectivity index (χ4n) is 2.47. The molecule has 0 radical (unpaired) electrons. The number of ketones is 1. The zero-order valence-electron chi connectivity index (χ0n) is 14.3. The molecular formula is C21H15O6-. The number of benzene rings is 2. The van der Waals surface area contributed by atoms with Crippen LogP contribution in [0.15, 0.2) is 65.1 Å². The van der Waals surface area contributed by atoms with Crippen molar-refractivity contribution in [2.45, 2.75) is 0 Å². The van der Waals surface area contributed by atoms with Gasteiger partial charge in [-0.1, -0.05) is 48.2 Å². The number of carbonyl (C=O) groups is 2. The van der Waals surface area contributed by atoms with E-state index in [9.17, 15) is 14.7 Å². The highest BCUT2D eigenvalue weighted by molar-refractivity contribution is 6.07. The van der Waals surface area contributed by atoms with E-state index >= 15 is 0 Å². The molecule has 0 aliphatic heterocycles. The summed E-state index contributed by atoms with van der Waals surface area (Å²) in [6.07, 6.45) is 2.94. The van der Waals surface area contributed by atoms with Gasteiger partial charge in [-0.25, -0.2) is 4.79 Å². The monoisotopic (exact) mass is 363 g/mol. The minimum absolute atomic E-state index is 0.148. The number of aromatic carboxylic acids is 1. The van der Waals surface area contributed by atoms with Crippen molar-refractivity contribution >= 4 is 17.8 Å². The van der Waals surface area contributed by atoms with E-state index in [0.29, 0.717) is 22.5 Å². The summed E-state index contributed by atoms with van der Waals surface area (Å²) in [6.45, 7) is 0. The Morgan fingerprint density at radius 3 is 2.41 bits per heavy atom. The molecular weight excluding hydrogens is 348 g/mol. The smallest absolute Gasteiger partial charge is 0.371 e. The van der Waals surface area contributed by atoms with Gasteiger partial charge in [0.05, 0.1) is 7.11 Å². The molecule has 0 aliphatic rings.